The van der Waals surface area contributed by atoms with Crippen LogP contribution < -0.4 is 5.32 Å². The predicted molar refractivity (Wildman–Crippen MR) is 62.4 cm³/mol. The van der Waals surface area contributed by atoms with E-state index in [-0.39, 0.29) is 0 Å². The molecule has 13 heavy (non-hydrogen) atoms. The smallest absolute Gasteiger partial charge is 0.0336 e. The van der Waals surface area contributed by atoms with Crippen molar-refractivity contribution in [3.8, 4) is 0 Å². The van der Waals surface area contributed by atoms with Gasteiger partial charge in [0.15, 0.2) is 0 Å². The predicted octanol–water partition coefficient (Wildman–Crippen LogP) is 2.83. The summed E-state index contributed by atoms with van der Waals surface area (Å²) < 4.78 is 0. The van der Waals surface area contributed by atoms with Crippen molar-refractivity contribution in [3.63, 3.8) is 0 Å². The van der Waals surface area contributed by atoms with Crippen LogP contribution in [0.5, 0.6) is 0 Å². The van der Waals surface area contributed by atoms with Crippen LogP contribution in [-0.4, -0.2) is 24.1 Å². The van der Waals surface area contributed by atoms with Crippen LogP contribution in [-0.2, 0) is 0 Å². The van der Waals surface area contributed by atoms with Gasteiger partial charge in [-0.1, -0.05) is 25.3 Å². The SMILES string of the molecule is C=CC(CSC1CCCCC1)NC. The van der Waals surface area contributed by atoms with Crippen molar-refractivity contribution in [2.24, 2.45) is 0 Å². The lowest BCUT2D eigenvalue weighted by molar-refractivity contribution is 0.515. The fraction of sp³-hybridized carbons (Fsp3) is 0.818. The van der Waals surface area contributed by atoms with Gasteiger partial charge in [0.1, 0.15) is 0 Å². The molecule has 0 saturated heterocycles. The van der Waals surface area contributed by atoms with Crippen LogP contribution in [0.4, 0.5) is 0 Å². The van der Waals surface area contributed by atoms with E-state index in [0.717, 1.165) is 5.25 Å². The Kier molecular flexibility index (Phi) is 5.56. The molecular formula is C11H21NS. The van der Waals surface area contributed by atoms with Gasteiger partial charge in [0.05, 0.1) is 0 Å². The second-order valence-corrected chi connectivity index (χ2v) is 5.06. The number of likely N-dealkylation sites (N-methyl/N-ethyl adjacent to an activating group) is 1. The Bertz CT molecular complexity index is 141. The molecule has 1 N–H and O–H groups in total. The van der Waals surface area contributed by atoms with E-state index in [1.54, 1.807) is 0 Å². The lowest BCUT2D eigenvalue weighted by Crippen LogP contribution is -2.26. The number of hydrogen-bond acceptors (Lipinski definition) is 2. The van der Waals surface area contributed by atoms with E-state index in [1.807, 2.05) is 13.1 Å². The van der Waals surface area contributed by atoms with Gasteiger partial charge in [0.2, 0.25) is 0 Å². The largest absolute Gasteiger partial charge is 0.313 e. The van der Waals surface area contributed by atoms with Crippen molar-refractivity contribution in [1.82, 2.24) is 5.32 Å². The Labute approximate surface area is 86.4 Å². The summed E-state index contributed by atoms with van der Waals surface area (Å²) in [4.78, 5) is 0. The minimum Gasteiger partial charge on any atom is -0.313 e. The highest BCUT2D eigenvalue weighted by molar-refractivity contribution is 7.99. The van der Waals surface area contributed by atoms with Crippen LogP contribution in [0.1, 0.15) is 32.1 Å². The van der Waals surface area contributed by atoms with Gasteiger partial charge in [-0.15, -0.1) is 6.58 Å². The Morgan fingerprint density at radius 3 is 2.69 bits per heavy atom. The molecular weight excluding hydrogens is 178 g/mol. The molecule has 0 amide bonds. The molecule has 0 aromatic rings. The molecule has 0 aliphatic heterocycles. The summed E-state index contributed by atoms with van der Waals surface area (Å²) in [5.74, 6) is 1.19. The molecule has 1 aliphatic rings. The molecule has 76 valence electrons. The second kappa shape index (κ2) is 6.50. The van der Waals surface area contributed by atoms with Gasteiger partial charge in [0.25, 0.3) is 0 Å². The van der Waals surface area contributed by atoms with E-state index < -0.39 is 0 Å². The molecule has 0 heterocycles. The Hall–Kier alpha value is 0.0500. The van der Waals surface area contributed by atoms with Crippen molar-refractivity contribution < 1.29 is 0 Å². The van der Waals surface area contributed by atoms with Gasteiger partial charge in [0, 0.05) is 17.0 Å². The molecule has 0 spiro atoms. The van der Waals surface area contributed by atoms with E-state index in [2.05, 4.69) is 23.7 Å². The molecule has 2 heteroatoms. The maximum Gasteiger partial charge on any atom is 0.0336 e. The number of rotatable bonds is 5. The van der Waals surface area contributed by atoms with Crippen molar-refractivity contribution >= 4 is 11.8 Å². The van der Waals surface area contributed by atoms with Crippen molar-refractivity contribution in [2.75, 3.05) is 12.8 Å². The standard InChI is InChI=1S/C11H21NS/c1-3-10(12-2)9-13-11-7-5-4-6-8-11/h3,10-12H,1,4-9H2,2H3. The van der Waals surface area contributed by atoms with Crippen LogP contribution in [0.2, 0.25) is 0 Å². The van der Waals surface area contributed by atoms with E-state index in [1.165, 1.54) is 37.9 Å². The summed E-state index contributed by atoms with van der Waals surface area (Å²) >= 11 is 2.12. The fourth-order valence-corrected chi connectivity index (χ4v) is 3.19. The fourth-order valence-electron chi connectivity index (χ4n) is 1.74. The quantitative estimate of drug-likeness (QED) is 0.683. The van der Waals surface area contributed by atoms with Gasteiger partial charge in [-0.05, 0) is 19.9 Å². The van der Waals surface area contributed by atoms with Gasteiger partial charge >= 0.3 is 0 Å². The highest BCUT2D eigenvalue weighted by atomic mass is 32.2. The molecule has 1 atom stereocenters. The van der Waals surface area contributed by atoms with Gasteiger partial charge in [-0.25, -0.2) is 0 Å². The molecule has 0 aromatic heterocycles. The lowest BCUT2D eigenvalue weighted by Gasteiger charge is -2.22. The molecule has 0 aromatic carbocycles. The zero-order chi connectivity index (χ0) is 9.52. The molecule has 1 aliphatic carbocycles. The van der Waals surface area contributed by atoms with Gasteiger partial charge in [-0.3, -0.25) is 0 Å². The third kappa shape index (κ3) is 4.19. The van der Waals surface area contributed by atoms with Crippen molar-refractivity contribution in [2.45, 2.75) is 43.4 Å². The lowest BCUT2D eigenvalue weighted by atomic mass is 10.0. The summed E-state index contributed by atoms with van der Waals surface area (Å²) in [5, 5.41) is 4.17. The maximum atomic E-state index is 3.82. The minimum atomic E-state index is 0.493. The van der Waals surface area contributed by atoms with Gasteiger partial charge in [-0.2, -0.15) is 11.8 Å². The topological polar surface area (TPSA) is 12.0 Å². The first-order valence-corrected chi connectivity index (χ1v) is 6.33. The first kappa shape index (κ1) is 11.1. The van der Waals surface area contributed by atoms with Crippen LogP contribution >= 0.6 is 11.8 Å². The summed E-state index contributed by atoms with van der Waals surface area (Å²) in [6, 6.07) is 0.493. The monoisotopic (exact) mass is 199 g/mol. The number of thioether (sulfide) groups is 1. The van der Waals surface area contributed by atoms with Gasteiger partial charge < -0.3 is 5.32 Å². The molecule has 0 radical (unpaired) electrons. The molecule has 1 nitrogen and oxygen atoms in total. The average Bonchev–Trinajstić information content (AvgIpc) is 2.21. The van der Waals surface area contributed by atoms with Crippen LogP contribution in [0.15, 0.2) is 12.7 Å². The Morgan fingerprint density at radius 2 is 2.15 bits per heavy atom. The van der Waals surface area contributed by atoms with Crippen LogP contribution in [0, 0.1) is 0 Å². The Balaban J connectivity index is 2.12. The summed E-state index contributed by atoms with van der Waals surface area (Å²) in [6.45, 7) is 3.82. The maximum absolute atomic E-state index is 3.82. The molecule has 1 rings (SSSR count). The summed E-state index contributed by atoms with van der Waals surface area (Å²) in [5.41, 5.74) is 0. The van der Waals surface area contributed by atoms with Crippen LogP contribution in [0.25, 0.3) is 0 Å². The average molecular weight is 199 g/mol. The number of hydrogen-bond donors (Lipinski definition) is 1. The minimum absolute atomic E-state index is 0.493. The molecule has 0 bridgehead atoms. The second-order valence-electron chi connectivity index (χ2n) is 3.72. The number of nitrogens with one attached hydrogen (secondary N) is 1. The van der Waals surface area contributed by atoms with E-state index in [4.69, 9.17) is 0 Å². The molecule has 1 unspecified atom stereocenters. The highest BCUT2D eigenvalue weighted by Gasteiger charge is 2.14. The first-order chi connectivity index (χ1) is 6.36. The normalized spacial score (nSPS) is 21.3. The first-order valence-electron chi connectivity index (χ1n) is 5.28. The van der Waals surface area contributed by atoms with Crippen molar-refractivity contribution in [3.05, 3.63) is 12.7 Å². The molecule has 1 saturated carbocycles. The third-order valence-corrected chi connectivity index (χ3v) is 4.21. The molecule has 1 fully saturated rings. The Morgan fingerprint density at radius 1 is 1.46 bits per heavy atom. The zero-order valence-electron chi connectivity index (χ0n) is 8.59. The third-order valence-electron chi connectivity index (χ3n) is 2.72. The summed E-state index contributed by atoms with van der Waals surface area (Å²) in [6.07, 6.45) is 9.20. The van der Waals surface area contributed by atoms with Crippen LogP contribution in [0.3, 0.4) is 0 Å². The zero-order valence-corrected chi connectivity index (χ0v) is 9.41. The van der Waals surface area contributed by atoms with E-state index in [0.29, 0.717) is 6.04 Å². The highest BCUT2D eigenvalue weighted by Crippen LogP contribution is 2.28. The van der Waals surface area contributed by atoms with E-state index >= 15 is 0 Å². The van der Waals surface area contributed by atoms with E-state index in [9.17, 15) is 0 Å². The van der Waals surface area contributed by atoms with Crippen molar-refractivity contribution in [1.29, 1.82) is 0 Å². The summed E-state index contributed by atoms with van der Waals surface area (Å²) in [7, 11) is 2.01.